The van der Waals surface area contributed by atoms with Gasteiger partial charge in [0.25, 0.3) is 0 Å². The summed E-state index contributed by atoms with van der Waals surface area (Å²) in [5, 5.41) is 0. The van der Waals surface area contributed by atoms with E-state index in [4.69, 9.17) is 22.7 Å². The van der Waals surface area contributed by atoms with Crippen molar-refractivity contribution in [2.45, 2.75) is 44.4 Å². The minimum Gasteiger partial charge on any atom is -0.490 e. The Morgan fingerprint density at radius 1 is 1.20 bits per heavy atom. The zero-order chi connectivity index (χ0) is 14.8. The Bertz CT molecular complexity index is 496. The van der Waals surface area contributed by atoms with Gasteiger partial charge in [-0.1, -0.05) is 18.6 Å². The van der Waals surface area contributed by atoms with Crippen molar-refractivity contribution in [3.05, 3.63) is 29.3 Å². The Morgan fingerprint density at radius 3 is 2.40 bits per heavy atom. The number of hydrogen-bond acceptors (Lipinski definition) is 2. The molecule has 0 atom stereocenters. The predicted molar refractivity (Wildman–Crippen MR) is 74.8 cm³/mol. The largest absolute Gasteiger partial charge is 0.490 e. The van der Waals surface area contributed by atoms with E-state index >= 15 is 0 Å². The van der Waals surface area contributed by atoms with Gasteiger partial charge in [-0.15, -0.1) is 0 Å². The van der Waals surface area contributed by atoms with Crippen molar-refractivity contribution in [3.63, 3.8) is 0 Å². The Labute approximate surface area is 121 Å². The highest BCUT2D eigenvalue weighted by atomic mass is 32.1. The summed E-state index contributed by atoms with van der Waals surface area (Å²) in [5.41, 5.74) is 4.39. The molecule has 6 heteroatoms. The highest BCUT2D eigenvalue weighted by Crippen LogP contribution is 2.34. The van der Waals surface area contributed by atoms with Gasteiger partial charge in [0, 0.05) is 5.56 Å². The molecule has 0 aromatic heterocycles. The average molecular weight is 303 g/mol. The second-order valence-corrected chi connectivity index (χ2v) is 5.39. The van der Waals surface area contributed by atoms with E-state index in [-0.39, 0.29) is 16.7 Å². The summed E-state index contributed by atoms with van der Waals surface area (Å²) in [4.78, 5) is -0.272. The van der Waals surface area contributed by atoms with E-state index in [1.807, 2.05) is 0 Å². The first-order valence-corrected chi connectivity index (χ1v) is 6.96. The van der Waals surface area contributed by atoms with Gasteiger partial charge < -0.3 is 10.5 Å². The van der Waals surface area contributed by atoms with Crippen LogP contribution in [-0.2, 0) is 6.18 Å². The van der Waals surface area contributed by atoms with E-state index in [9.17, 15) is 13.2 Å². The number of benzene rings is 1. The van der Waals surface area contributed by atoms with Gasteiger partial charge >= 0.3 is 6.18 Å². The fourth-order valence-electron chi connectivity index (χ4n) is 2.42. The van der Waals surface area contributed by atoms with Crippen LogP contribution < -0.4 is 10.5 Å². The van der Waals surface area contributed by atoms with E-state index in [0.29, 0.717) is 5.75 Å². The quantitative estimate of drug-likeness (QED) is 0.856. The zero-order valence-electron chi connectivity index (χ0n) is 10.9. The van der Waals surface area contributed by atoms with Crippen molar-refractivity contribution in [1.29, 1.82) is 0 Å². The number of alkyl halides is 3. The molecule has 1 saturated carbocycles. The third-order valence-electron chi connectivity index (χ3n) is 3.42. The van der Waals surface area contributed by atoms with E-state index in [0.717, 1.165) is 31.7 Å². The normalized spacial score (nSPS) is 16.9. The Hall–Kier alpha value is -1.30. The highest BCUT2D eigenvalue weighted by molar-refractivity contribution is 7.80. The van der Waals surface area contributed by atoms with Crippen LogP contribution in [0.25, 0.3) is 0 Å². The lowest BCUT2D eigenvalue weighted by atomic mass is 9.97. The molecule has 0 spiro atoms. The lowest BCUT2D eigenvalue weighted by Crippen LogP contribution is -2.21. The van der Waals surface area contributed by atoms with Crippen LogP contribution in [0.1, 0.15) is 43.2 Å². The fourth-order valence-corrected chi connectivity index (χ4v) is 2.59. The van der Waals surface area contributed by atoms with Gasteiger partial charge in [-0.05, 0) is 43.9 Å². The molecule has 1 aliphatic rings. The van der Waals surface area contributed by atoms with Crippen LogP contribution in [-0.4, -0.2) is 11.1 Å². The molecule has 1 aliphatic carbocycles. The number of hydrogen-bond donors (Lipinski definition) is 1. The van der Waals surface area contributed by atoms with Gasteiger partial charge in [0.05, 0.1) is 11.7 Å². The lowest BCUT2D eigenvalue weighted by Gasteiger charge is -2.23. The first-order chi connectivity index (χ1) is 9.38. The molecule has 0 heterocycles. The molecule has 0 unspecified atom stereocenters. The van der Waals surface area contributed by atoms with E-state index in [1.54, 1.807) is 0 Å². The topological polar surface area (TPSA) is 35.2 Å². The van der Waals surface area contributed by atoms with E-state index in [2.05, 4.69) is 0 Å². The average Bonchev–Trinajstić information content (AvgIpc) is 2.38. The molecule has 0 radical (unpaired) electrons. The Kier molecular flexibility index (Phi) is 4.52. The van der Waals surface area contributed by atoms with Gasteiger partial charge in [-0.25, -0.2) is 0 Å². The number of rotatable bonds is 3. The van der Waals surface area contributed by atoms with Crippen LogP contribution in [0.15, 0.2) is 18.2 Å². The molecular weight excluding hydrogens is 287 g/mol. The van der Waals surface area contributed by atoms with Crippen molar-refractivity contribution in [2.24, 2.45) is 5.73 Å². The van der Waals surface area contributed by atoms with Crippen LogP contribution in [0.2, 0.25) is 0 Å². The molecule has 0 saturated heterocycles. The lowest BCUT2D eigenvalue weighted by molar-refractivity contribution is -0.137. The molecule has 0 aliphatic heterocycles. The smallest absolute Gasteiger partial charge is 0.417 e. The van der Waals surface area contributed by atoms with Gasteiger partial charge in [0.2, 0.25) is 0 Å². The molecule has 2 nitrogen and oxygen atoms in total. The molecule has 0 amide bonds. The first-order valence-electron chi connectivity index (χ1n) is 6.55. The molecule has 20 heavy (non-hydrogen) atoms. The summed E-state index contributed by atoms with van der Waals surface area (Å²) in [6.07, 6.45) is 0.834. The van der Waals surface area contributed by atoms with Crippen molar-refractivity contribution < 1.29 is 17.9 Å². The van der Waals surface area contributed by atoms with Gasteiger partial charge in [0.1, 0.15) is 10.7 Å². The summed E-state index contributed by atoms with van der Waals surface area (Å²) in [6.45, 7) is 0. The van der Waals surface area contributed by atoms with Crippen LogP contribution in [0, 0.1) is 0 Å². The molecule has 1 fully saturated rings. The molecule has 1 aromatic rings. The Balaban J connectivity index is 2.23. The maximum atomic E-state index is 12.8. The van der Waals surface area contributed by atoms with Crippen LogP contribution >= 0.6 is 12.2 Å². The van der Waals surface area contributed by atoms with Crippen LogP contribution in [0.5, 0.6) is 5.75 Å². The molecule has 110 valence electrons. The molecular formula is C14H16F3NOS. The standard InChI is InChI=1S/C14H16F3NOS/c15-14(16,17)12-7-6-10(8-11(12)13(18)20)19-9-4-2-1-3-5-9/h6-9H,1-5H2,(H2,18,20). The maximum absolute atomic E-state index is 12.8. The van der Waals surface area contributed by atoms with Gasteiger partial charge in [-0.3, -0.25) is 0 Å². The molecule has 2 rings (SSSR count). The summed E-state index contributed by atoms with van der Waals surface area (Å²) >= 11 is 4.70. The highest BCUT2D eigenvalue weighted by Gasteiger charge is 2.34. The summed E-state index contributed by atoms with van der Waals surface area (Å²) in [6, 6.07) is 3.60. The second-order valence-electron chi connectivity index (χ2n) is 4.95. The van der Waals surface area contributed by atoms with Crippen molar-refractivity contribution in [3.8, 4) is 5.75 Å². The monoisotopic (exact) mass is 303 g/mol. The zero-order valence-corrected chi connectivity index (χ0v) is 11.7. The third kappa shape index (κ3) is 3.62. The molecule has 2 N–H and O–H groups in total. The van der Waals surface area contributed by atoms with E-state index < -0.39 is 11.7 Å². The number of halogens is 3. The Morgan fingerprint density at radius 2 is 1.85 bits per heavy atom. The van der Waals surface area contributed by atoms with Crippen molar-refractivity contribution in [1.82, 2.24) is 0 Å². The number of thiocarbonyl (C=S) groups is 1. The van der Waals surface area contributed by atoms with Crippen molar-refractivity contribution in [2.75, 3.05) is 0 Å². The predicted octanol–water partition coefficient (Wildman–Crippen LogP) is 4.05. The van der Waals surface area contributed by atoms with Gasteiger partial charge in [0.15, 0.2) is 0 Å². The number of nitrogens with two attached hydrogens (primary N) is 1. The second kappa shape index (κ2) is 5.99. The summed E-state index contributed by atoms with van der Waals surface area (Å²) < 4.78 is 44.3. The maximum Gasteiger partial charge on any atom is 0.417 e. The molecule has 0 bridgehead atoms. The third-order valence-corrected chi connectivity index (χ3v) is 3.64. The summed E-state index contributed by atoms with van der Waals surface area (Å²) in [5.74, 6) is 0.396. The fraction of sp³-hybridized carbons (Fsp3) is 0.500. The van der Waals surface area contributed by atoms with Gasteiger partial charge in [-0.2, -0.15) is 13.2 Å². The SMILES string of the molecule is NC(=S)c1cc(OC2CCCCC2)ccc1C(F)(F)F. The van der Waals surface area contributed by atoms with Crippen LogP contribution in [0.4, 0.5) is 13.2 Å². The minimum atomic E-state index is -4.47. The van der Waals surface area contributed by atoms with Crippen LogP contribution in [0.3, 0.4) is 0 Å². The molecule has 1 aromatic carbocycles. The first kappa shape index (κ1) is 15.1. The number of ether oxygens (including phenoxy) is 1. The van der Waals surface area contributed by atoms with E-state index in [1.165, 1.54) is 18.6 Å². The minimum absolute atomic E-state index is 0.0692. The summed E-state index contributed by atoms with van der Waals surface area (Å²) in [7, 11) is 0. The van der Waals surface area contributed by atoms with Crippen molar-refractivity contribution >= 4 is 17.2 Å².